The van der Waals surface area contributed by atoms with Gasteiger partial charge in [0.1, 0.15) is 12.4 Å². The Kier molecular flexibility index (Phi) is 5.62. The van der Waals surface area contributed by atoms with Crippen LogP contribution < -0.4 is 15.0 Å². The van der Waals surface area contributed by atoms with Crippen LogP contribution in [0.5, 0.6) is 5.75 Å². The minimum Gasteiger partial charge on any atom is -0.489 e. The van der Waals surface area contributed by atoms with Crippen LogP contribution in [0.2, 0.25) is 0 Å². The average Bonchev–Trinajstić information content (AvgIpc) is 3.14. The molecule has 0 fully saturated rings. The summed E-state index contributed by atoms with van der Waals surface area (Å²) in [6, 6.07) is 30.1. The number of anilines is 2. The summed E-state index contributed by atoms with van der Waals surface area (Å²) in [6.45, 7) is 0.464. The van der Waals surface area contributed by atoms with Gasteiger partial charge in [-0.3, -0.25) is 14.4 Å². The molecule has 1 aliphatic rings. The molecule has 0 saturated heterocycles. The lowest BCUT2D eigenvalue weighted by molar-refractivity contribution is 0.0925. The van der Waals surface area contributed by atoms with Crippen molar-refractivity contribution >= 4 is 29.1 Å². The Morgan fingerprint density at radius 1 is 0.706 bits per heavy atom. The molecule has 1 heterocycles. The number of imide groups is 1. The van der Waals surface area contributed by atoms with Gasteiger partial charge in [-0.1, -0.05) is 42.5 Å². The molecule has 5 rings (SSSR count). The van der Waals surface area contributed by atoms with Crippen molar-refractivity contribution in [1.29, 1.82) is 0 Å². The second kappa shape index (κ2) is 9.03. The maximum Gasteiger partial charge on any atom is 0.266 e. The Balaban J connectivity index is 1.22. The Hall–Kier alpha value is -4.71. The van der Waals surface area contributed by atoms with E-state index >= 15 is 0 Å². The van der Waals surface area contributed by atoms with E-state index in [0.717, 1.165) is 10.5 Å². The van der Waals surface area contributed by atoms with Crippen molar-refractivity contribution in [2.24, 2.45) is 0 Å². The molecule has 3 amide bonds. The summed E-state index contributed by atoms with van der Waals surface area (Å²) in [6.07, 6.45) is 0. The maximum atomic E-state index is 12.7. The van der Waals surface area contributed by atoms with Gasteiger partial charge in [-0.25, -0.2) is 4.90 Å². The highest BCUT2D eigenvalue weighted by molar-refractivity contribution is 6.34. The number of fused-ring (bicyclic) bond motifs is 1. The van der Waals surface area contributed by atoms with Crippen molar-refractivity contribution in [3.05, 3.63) is 125 Å². The molecule has 0 aliphatic carbocycles. The largest absolute Gasteiger partial charge is 0.489 e. The molecule has 4 aromatic carbocycles. The summed E-state index contributed by atoms with van der Waals surface area (Å²) in [5.74, 6) is -0.334. The number of carbonyl (C=O) groups excluding carboxylic acids is 3. The predicted molar refractivity (Wildman–Crippen MR) is 129 cm³/mol. The van der Waals surface area contributed by atoms with Crippen molar-refractivity contribution < 1.29 is 19.1 Å². The lowest BCUT2D eigenvalue weighted by Gasteiger charge is -2.14. The van der Waals surface area contributed by atoms with Gasteiger partial charge in [0.2, 0.25) is 0 Å². The van der Waals surface area contributed by atoms with Crippen molar-refractivity contribution in [3.8, 4) is 5.75 Å². The molecule has 6 heteroatoms. The van der Waals surface area contributed by atoms with Crippen LogP contribution in [-0.4, -0.2) is 17.7 Å². The van der Waals surface area contributed by atoms with E-state index in [2.05, 4.69) is 5.32 Å². The van der Waals surface area contributed by atoms with E-state index in [4.69, 9.17) is 4.74 Å². The molecule has 0 spiro atoms. The molecule has 0 radical (unpaired) electrons. The first kappa shape index (κ1) is 21.2. The van der Waals surface area contributed by atoms with Gasteiger partial charge in [-0.05, 0) is 66.2 Å². The van der Waals surface area contributed by atoms with Crippen LogP contribution in [0, 0.1) is 0 Å². The average molecular weight is 448 g/mol. The summed E-state index contributed by atoms with van der Waals surface area (Å²) in [5.41, 5.74) is 3.29. The third-order valence-electron chi connectivity index (χ3n) is 5.54. The molecule has 1 aliphatic heterocycles. The molecule has 0 bridgehead atoms. The standard InChI is InChI=1S/C28H20N2O4/c31-26(29-21-12-16-23(17-13-21)34-18-19-6-2-1-3-7-19)20-10-14-22(15-11-20)30-27(32)24-8-4-5-9-25(24)28(30)33/h1-17H,18H2,(H,29,31). The normalized spacial score (nSPS) is 12.4. The van der Waals surface area contributed by atoms with E-state index in [0.29, 0.717) is 40.4 Å². The smallest absolute Gasteiger partial charge is 0.266 e. The van der Waals surface area contributed by atoms with Gasteiger partial charge in [0, 0.05) is 11.3 Å². The molecule has 0 unspecified atom stereocenters. The second-order valence-electron chi connectivity index (χ2n) is 7.79. The Morgan fingerprint density at radius 3 is 1.91 bits per heavy atom. The quantitative estimate of drug-likeness (QED) is 0.405. The molecule has 6 nitrogen and oxygen atoms in total. The molecule has 1 N–H and O–H groups in total. The van der Waals surface area contributed by atoms with E-state index in [1.165, 1.54) is 0 Å². The minimum atomic E-state index is -0.368. The van der Waals surface area contributed by atoms with Gasteiger partial charge in [0.05, 0.1) is 16.8 Å². The van der Waals surface area contributed by atoms with Crippen molar-refractivity contribution in [3.63, 3.8) is 0 Å². The zero-order valence-corrected chi connectivity index (χ0v) is 18.1. The first-order valence-corrected chi connectivity index (χ1v) is 10.8. The third kappa shape index (κ3) is 4.17. The molecular formula is C28H20N2O4. The maximum absolute atomic E-state index is 12.7. The number of benzene rings is 4. The van der Waals surface area contributed by atoms with E-state index < -0.39 is 0 Å². The number of ether oxygens (including phenoxy) is 1. The lowest BCUT2D eigenvalue weighted by Crippen LogP contribution is -2.29. The van der Waals surface area contributed by atoms with Crippen LogP contribution in [0.4, 0.5) is 11.4 Å². The minimum absolute atomic E-state index is 0.299. The highest BCUT2D eigenvalue weighted by Gasteiger charge is 2.36. The summed E-state index contributed by atoms with van der Waals surface area (Å²) in [4.78, 5) is 39.1. The fourth-order valence-corrected chi connectivity index (χ4v) is 3.76. The Labute approximate surface area is 196 Å². The van der Waals surface area contributed by atoms with E-state index in [1.807, 2.05) is 30.3 Å². The molecule has 4 aromatic rings. The van der Waals surface area contributed by atoms with Gasteiger partial charge in [-0.15, -0.1) is 0 Å². The molecule has 166 valence electrons. The zero-order chi connectivity index (χ0) is 23.5. The number of rotatable bonds is 6. The lowest BCUT2D eigenvalue weighted by atomic mass is 10.1. The molecule has 0 atom stereocenters. The third-order valence-corrected chi connectivity index (χ3v) is 5.54. The summed E-state index contributed by atoms with van der Waals surface area (Å²) >= 11 is 0. The van der Waals surface area contributed by atoms with Crippen molar-refractivity contribution in [2.75, 3.05) is 10.2 Å². The number of carbonyl (C=O) groups is 3. The monoisotopic (exact) mass is 448 g/mol. The molecule has 34 heavy (non-hydrogen) atoms. The van der Waals surface area contributed by atoms with Crippen LogP contribution in [0.3, 0.4) is 0 Å². The molecular weight excluding hydrogens is 428 g/mol. The fourth-order valence-electron chi connectivity index (χ4n) is 3.76. The van der Waals surface area contributed by atoms with Gasteiger partial charge >= 0.3 is 0 Å². The summed E-state index contributed by atoms with van der Waals surface area (Å²) < 4.78 is 5.77. The van der Waals surface area contributed by atoms with Gasteiger partial charge < -0.3 is 10.1 Å². The molecule has 0 saturated carbocycles. The fraction of sp³-hybridized carbons (Fsp3) is 0.0357. The molecule has 0 aromatic heterocycles. The van der Waals surface area contributed by atoms with Crippen LogP contribution in [0.15, 0.2) is 103 Å². The van der Waals surface area contributed by atoms with Crippen molar-refractivity contribution in [2.45, 2.75) is 6.61 Å². The van der Waals surface area contributed by atoms with E-state index in [9.17, 15) is 14.4 Å². The highest BCUT2D eigenvalue weighted by atomic mass is 16.5. The van der Waals surface area contributed by atoms with Crippen molar-refractivity contribution in [1.82, 2.24) is 0 Å². The number of nitrogens with one attached hydrogen (secondary N) is 1. The van der Waals surface area contributed by atoms with E-state index in [1.54, 1.807) is 72.8 Å². The SMILES string of the molecule is O=C(Nc1ccc(OCc2ccccc2)cc1)c1ccc(N2C(=O)c3ccccc3C2=O)cc1. The van der Waals surface area contributed by atoms with Crippen LogP contribution in [0.25, 0.3) is 0 Å². The summed E-state index contributed by atoms with van der Waals surface area (Å²) in [5, 5.41) is 2.84. The van der Waals surface area contributed by atoms with Crippen LogP contribution in [0.1, 0.15) is 36.6 Å². The second-order valence-corrected chi connectivity index (χ2v) is 7.79. The number of hydrogen-bond acceptors (Lipinski definition) is 4. The number of nitrogens with zero attached hydrogens (tertiary/aromatic N) is 1. The Morgan fingerprint density at radius 2 is 1.29 bits per heavy atom. The van der Waals surface area contributed by atoms with Crippen LogP contribution in [-0.2, 0) is 6.61 Å². The first-order chi connectivity index (χ1) is 16.6. The van der Waals surface area contributed by atoms with E-state index in [-0.39, 0.29) is 17.7 Å². The predicted octanol–water partition coefficient (Wildman–Crippen LogP) is 5.32. The number of hydrogen-bond donors (Lipinski definition) is 1. The topological polar surface area (TPSA) is 75.7 Å². The van der Waals surface area contributed by atoms with Gasteiger partial charge in [-0.2, -0.15) is 0 Å². The Bertz CT molecular complexity index is 1330. The first-order valence-electron chi connectivity index (χ1n) is 10.8. The zero-order valence-electron chi connectivity index (χ0n) is 18.1. The summed E-state index contributed by atoms with van der Waals surface area (Å²) in [7, 11) is 0. The van der Waals surface area contributed by atoms with Gasteiger partial charge in [0.25, 0.3) is 17.7 Å². The van der Waals surface area contributed by atoms with Crippen LogP contribution >= 0.6 is 0 Å². The number of amides is 3. The van der Waals surface area contributed by atoms with Gasteiger partial charge in [0.15, 0.2) is 0 Å². The highest BCUT2D eigenvalue weighted by Crippen LogP contribution is 2.28.